The maximum absolute atomic E-state index is 13.4. The highest BCUT2D eigenvalue weighted by Gasteiger charge is 2.40. The third-order valence-corrected chi connectivity index (χ3v) is 7.38. The Hall–Kier alpha value is -2.58. The molecule has 8 heteroatoms. The monoisotopic (exact) mass is 415 g/mol. The van der Waals surface area contributed by atoms with Crippen LogP contribution in [0.3, 0.4) is 0 Å². The van der Waals surface area contributed by atoms with E-state index in [9.17, 15) is 12.8 Å². The fourth-order valence-electron chi connectivity index (χ4n) is 3.96. The fraction of sp³-hybridized carbons (Fsp3) is 0.333. The summed E-state index contributed by atoms with van der Waals surface area (Å²) < 4.78 is 46.6. The summed E-state index contributed by atoms with van der Waals surface area (Å²) >= 11 is 0. The van der Waals surface area contributed by atoms with Gasteiger partial charge in [-0.05, 0) is 69.0 Å². The number of rotatable bonds is 4. The van der Waals surface area contributed by atoms with E-state index in [1.165, 1.54) is 16.4 Å². The van der Waals surface area contributed by atoms with Gasteiger partial charge in [-0.2, -0.15) is 4.31 Å². The number of aromatic nitrogens is 2. The van der Waals surface area contributed by atoms with E-state index in [0.717, 1.165) is 23.2 Å². The van der Waals surface area contributed by atoms with Crippen LogP contribution >= 0.6 is 0 Å². The number of nitrogens with zero attached hydrogens (tertiary/aromatic N) is 3. The highest BCUT2D eigenvalue weighted by atomic mass is 32.2. The SMILES string of the molecule is Cc1cc(-c2ccc(F)cc2)cc(C2CCCN2S(=O)(=O)c2c(C)noc2C)n1. The normalized spacial score (nSPS) is 17.7. The first kappa shape index (κ1) is 19.7. The standard InChI is InChI=1S/C21H22FN3O3S/c1-13-11-17(16-6-8-18(22)9-7-16)12-19(23-13)20-5-4-10-25(20)29(26,27)21-14(2)24-28-15(21)3/h6-9,11-12,20H,4-5,10H2,1-3H3. The van der Waals surface area contributed by atoms with Crippen LogP contribution in [0.1, 0.15) is 41.7 Å². The first-order chi connectivity index (χ1) is 13.8. The van der Waals surface area contributed by atoms with E-state index in [2.05, 4.69) is 10.1 Å². The molecule has 6 nitrogen and oxygen atoms in total. The molecule has 4 rings (SSSR count). The fourth-order valence-corrected chi connectivity index (χ4v) is 5.92. The number of hydrogen-bond acceptors (Lipinski definition) is 5. The number of hydrogen-bond donors (Lipinski definition) is 0. The molecule has 0 aliphatic carbocycles. The van der Waals surface area contributed by atoms with E-state index in [1.807, 2.05) is 19.1 Å². The van der Waals surface area contributed by atoms with Crippen LogP contribution in [0.25, 0.3) is 11.1 Å². The molecule has 2 aromatic heterocycles. The van der Waals surface area contributed by atoms with E-state index >= 15 is 0 Å². The van der Waals surface area contributed by atoms with Crippen molar-refractivity contribution in [3.63, 3.8) is 0 Å². The Labute approximate surface area is 169 Å². The predicted octanol–water partition coefficient (Wildman–Crippen LogP) is 4.33. The predicted molar refractivity (Wildman–Crippen MR) is 106 cm³/mol. The molecule has 0 bridgehead atoms. The van der Waals surface area contributed by atoms with Gasteiger partial charge in [-0.15, -0.1) is 0 Å². The number of halogens is 1. The van der Waals surface area contributed by atoms with Crippen LogP contribution < -0.4 is 0 Å². The highest BCUT2D eigenvalue weighted by Crippen LogP contribution is 2.38. The molecule has 3 heterocycles. The lowest BCUT2D eigenvalue weighted by atomic mass is 10.0. The van der Waals surface area contributed by atoms with Crippen LogP contribution in [0, 0.1) is 26.6 Å². The van der Waals surface area contributed by atoms with Crippen LogP contribution in [-0.4, -0.2) is 29.4 Å². The molecule has 1 saturated heterocycles. The van der Waals surface area contributed by atoms with E-state index < -0.39 is 10.0 Å². The Morgan fingerprint density at radius 1 is 1.10 bits per heavy atom. The third kappa shape index (κ3) is 3.58. The van der Waals surface area contributed by atoms with E-state index in [1.54, 1.807) is 26.0 Å². The van der Waals surface area contributed by atoms with E-state index in [-0.39, 0.29) is 22.5 Å². The molecule has 0 amide bonds. The number of sulfonamides is 1. The van der Waals surface area contributed by atoms with Crippen molar-refractivity contribution in [2.75, 3.05) is 6.54 Å². The van der Waals surface area contributed by atoms with Crippen LogP contribution in [0.5, 0.6) is 0 Å². The molecular weight excluding hydrogens is 393 g/mol. The van der Waals surface area contributed by atoms with Gasteiger partial charge in [-0.1, -0.05) is 17.3 Å². The van der Waals surface area contributed by atoms with Gasteiger partial charge in [0.05, 0.1) is 11.7 Å². The van der Waals surface area contributed by atoms with Gasteiger partial charge >= 0.3 is 0 Å². The van der Waals surface area contributed by atoms with Gasteiger partial charge in [-0.3, -0.25) is 4.98 Å². The number of aryl methyl sites for hydroxylation is 3. The maximum Gasteiger partial charge on any atom is 0.249 e. The average Bonchev–Trinajstić information content (AvgIpc) is 3.29. The van der Waals surface area contributed by atoms with Crippen LogP contribution in [-0.2, 0) is 10.0 Å². The minimum atomic E-state index is -3.76. The van der Waals surface area contributed by atoms with E-state index in [4.69, 9.17) is 4.52 Å². The quantitative estimate of drug-likeness (QED) is 0.634. The Morgan fingerprint density at radius 2 is 1.83 bits per heavy atom. The number of pyridine rings is 1. The first-order valence-corrected chi connectivity index (χ1v) is 10.9. The zero-order chi connectivity index (χ0) is 20.8. The molecule has 1 aliphatic heterocycles. The minimum absolute atomic E-state index is 0.135. The molecule has 29 heavy (non-hydrogen) atoms. The molecule has 0 spiro atoms. The van der Waals surface area contributed by atoms with Crippen molar-refractivity contribution in [2.45, 2.75) is 44.6 Å². The molecule has 1 atom stereocenters. The van der Waals surface area contributed by atoms with Crippen LogP contribution in [0.4, 0.5) is 4.39 Å². The first-order valence-electron chi connectivity index (χ1n) is 9.46. The molecule has 3 aromatic rings. The average molecular weight is 415 g/mol. The highest BCUT2D eigenvalue weighted by molar-refractivity contribution is 7.89. The summed E-state index contributed by atoms with van der Waals surface area (Å²) in [5.74, 6) is -0.00960. The third-order valence-electron chi connectivity index (χ3n) is 5.23. The lowest BCUT2D eigenvalue weighted by Crippen LogP contribution is -2.31. The Bertz CT molecular complexity index is 1140. The van der Waals surface area contributed by atoms with Gasteiger partial charge in [0.15, 0.2) is 5.76 Å². The largest absolute Gasteiger partial charge is 0.360 e. The summed E-state index contributed by atoms with van der Waals surface area (Å²) in [4.78, 5) is 4.76. The smallest absolute Gasteiger partial charge is 0.249 e. The summed E-state index contributed by atoms with van der Waals surface area (Å²) in [7, 11) is -3.76. The van der Waals surface area contributed by atoms with Gasteiger partial charge in [0.2, 0.25) is 10.0 Å². The molecule has 0 saturated carbocycles. The topological polar surface area (TPSA) is 76.3 Å². The molecule has 1 unspecified atom stereocenters. The van der Waals surface area contributed by atoms with Crippen molar-refractivity contribution < 1.29 is 17.3 Å². The molecule has 0 N–H and O–H groups in total. The van der Waals surface area contributed by atoms with Crippen molar-refractivity contribution in [2.24, 2.45) is 0 Å². The second-order valence-corrected chi connectivity index (χ2v) is 9.18. The Kier molecular flexibility index (Phi) is 5.00. The van der Waals surface area contributed by atoms with E-state index in [0.29, 0.717) is 24.4 Å². The Balaban J connectivity index is 1.75. The summed E-state index contributed by atoms with van der Waals surface area (Å²) in [5, 5.41) is 3.80. The van der Waals surface area contributed by atoms with Gasteiger partial charge in [0, 0.05) is 12.2 Å². The summed E-state index contributed by atoms with van der Waals surface area (Å²) in [5.41, 5.74) is 3.57. The molecule has 152 valence electrons. The zero-order valence-corrected chi connectivity index (χ0v) is 17.3. The van der Waals surface area contributed by atoms with Gasteiger partial charge in [-0.25, -0.2) is 12.8 Å². The summed E-state index contributed by atoms with van der Waals surface area (Å²) in [6.07, 6.45) is 1.43. The lowest BCUT2D eigenvalue weighted by molar-refractivity contribution is 0.381. The van der Waals surface area contributed by atoms with Crippen molar-refractivity contribution in [1.29, 1.82) is 0 Å². The van der Waals surface area contributed by atoms with Gasteiger partial charge < -0.3 is 4.52 Å². The van der Waals surface area contributed by atoms with Crippen molar-refractivity contribution in [3.05, 3.63) is 65.1 Å². The number of benzene rings is 1. The Morgan fingerprint density at radius 3 is 2.48 bits per heavy atom. The van der Waals surface area contributed by atoms with Gasteiger partial charge in [0.1, 0.15) is 16.4 Å². The maximum atomic E-state index is 13.4. The van der Waals surface area contributed by atoms with Crippen molar-refractivity contribution >= 4 is 10.0 Å². The van der Waals surface area contributed by atoms with Crippen molar-refractivity contribution in [3.8, 4) is 11.1 Å². The van der Waals surface area contributed by atoms with Gasteiger partial charge in [0.25, 0.3) is 0 Å². The molecule has 0 radical (unpaired) electrons. The lowest BCUT2D eigenvalue weighted by Gasteiger charge is -2.24. The minimum Gasteiger partial charge on any atom is -0.360 e. The second kappa shape index (κ2) is 7.35. The summed E-state index contributed by atoms with van der Waals surface area (Å²) in [6.45, 7) is 5.53. The van der Waals surface area contributed by atoms with Crippen LogP contribution in [0.15, 0.2) is 45.8 Å². The summed E-state index contributed by atoms with van der Waals surface area (Å²) in [6, 6.07) is 9.68. The molecule has 1 aromatic carbocycles. The van der Waals surface area contributed by atoms with Crippen LogP contribution in [0.2, 0.25) is 0 Å². The molecular formula is C21H22FN3O3S. The second-order valence-electron chi connectivity index (χ2n) is 7.36. The molecule has 1 fully saturated rings. The molecule has 1 aliphatic rings. The van der Waals surface area contributed by atoms with Crippen molar-refractivity contribution in [1.82, 2.24) is 14.4 Å². The zero-order valence-electron chi connectivity index (χ0n) is 16.5.